The molecule has 0 bridgehead atoms. The highest BCUT2D eigenvalue weighted by molar-refractivity contribution is 5.76. The number of carbonyl (C=O) groups excluding carboxylic acids is 1. The summed E-state index contributed by atoms with van der Waals surface area (Å²) >= 11 is 0. The largest absolute Gasteiger partial charge is 0.460 e. The standard InChI is InChI=1S/C28H53NO2/c1-8-21-28(7,25(30)31-26(3,4)5)23-20-18-16-14-12-10-11-13-15-17-19-22-27(6,9-2)24-29/h8-23H2,1-7H3. The van der Waals surface area contributed by atoms with Crippen LogP contribution in [0.25, 0.3) is 0 Å². The SMILES string of the molecule is CCCC(C)(CCCCCCCCCCCCCC(C)(C#N)CC)C(=O)OC(C)(C)C. The fourth-order valence-electron chi connectivity index (χ4n) is 4.22. The third kappa shape index (κ3) is 14.6. The Bertz CT molecular complexity index is 516. The molecule has 2 unspecified atom stereocenters. The lowest BCUT2D eigenvalue weighted by atomic mass is 9.80. The topological polar surface area (TPSA) is 50.1 Å². The lowest BCUT2D eigenvalue weighted by Gasteiger charge is -2.31. The van der Waals surface area contributed by atoms with Crippen LogP contribution < -0.4 is 0 Å². The van der Waals surface area contributed by atoms with E-state index in [1.807, 2.05) is 20.8 Å². The molecule has 0 amide bonds. The van der Waals surface area contributed by atoms with Crippen molar-refractivity contribution >= 4 is 5.97 Å². The van der Waals surface area contributed by atoms with E-state index < -0.39 is 5.60 Å². The molecule has 3 nitrogen and oxygen atoms in total. The first-order valence-corrected chi connectivity index (χ1v) is 13.2. The number of hydrogen-bond acceptors (Lipinski definition) is 3. The van der Waals surface area contributed by atoms with E-state index in [0.717, 1.165) is 38.5 Å². The highest BCUT2D eigenvalue weighted by Gasteiger charge is 2.35. The predicted octanol–water partition coefficient (Wildman–Crippen LogP) is 9.15. The summed E-state index contributed by atoms with van der Waals surface area (Å²) in [5, 5.41) is 9.22. The van der Waals surface area contributed by atoms with Crippen LogP contribution in [0, 0.1) is 22.2 Å². The second-order valence-corrected chi connectivity index (χ2v) is 11.2. The summed E-state index contributed by atoms with van der Waals surface area (Å²) in [7, 11) is 0. The first kappa shape index (κ1) is 30.0. The van der Waals surface area contributed by atoms with Crippen LogP contribution in [-0.2, 0) is 9.53 Å². The van der Waals surface area contributed by atoms with Gasteiger partial charge in [-0.2, -0.15) is 5.26 Å². The number of rotatable bonds is 18. The van der Waals surface area contributed by atoms with Crippen LogP contribution in [0.15, 0.2) is 0 Å². The minimum Gasteiger partial charge on any atom is -0.460 e. The molecule has 0 heterocycles. The number of nitriles is 1. The van der Waals surface area contributed by atoms with Crippen molar-refractivity contribution < 1.29 is 9.53 Å². The van der Waals surface area contributed by atoms with Crippen LogP contribution in [0.5, 0.6) is 0 Å². The van der Waals surface area contributed by atoms with Gasteiger partial charge in [0.2, 0.25) is 0 Å². The van der Waals surface area contributed by atoms with Gasteiger partial charge in [-0.1, -0.05) is 90.9 Å². The van der Waals surface area contributed by atoms with E-state index in [9.17, 15) is 10.1 Å². The van der Waals surface area contributed by atoms with Crippen LogP contribution in [0.4, 0.5) is 0 Å². The van der Waals surface area contributed by atoms with Gasteiger partial charge in [0.05, 0.1) is 16.9 Å². The van der Waals surface area contributed by atoms with E-state index in [1.54, 1.807) is 0 Å². The van der Waals surface area contributed by atoms with Crippen molar-refractivity contribution in [3.8, 4) is 6.07 Å². The van der Waals surface area contributed by atoms with Gasteiger partial charge < -0.3 is 4.74 Å². The van der Waals surface area contributed by atoms with Gasteiger partial charge in [0, 0.05) is 0 Å². The van der Waals surface area contributed by atoms with E-state index in [2.05, 4.69) is 33.8 Å². The van der Waals surface area contributed by atoms with Crippen LogP contribution in [0.3, 0.4) is 0 Å². The highest BCUT2D eigenvalue weighted by Crippen LogP contribution is 2.33. The van der Waals surface area contributed by atoms with Gasteiger partial charge in [0.15, 0.2) is 0 Å². The summed E-state index contributed by atoms with van der Waals surface area (Å²) in [6, 6.07) is 2.47. The van der Waals surface area contributed by atoms with Gasteiger partial charge in [-0.3, -0.25) is 4.79 Å². The van der Waals surface area contributed by atoms with Gasteiger partial charge in [0.1, 0.15) is 5.60 Å². The molecule has 0 aliphatic rings. The minimum atomic E-state index is -0.404. The number of esters is 1. The molecule has 0 saturated carbocycles. The molecule has 2 atom stereocenters. The van der Waals surface area contributed by atoms with Gasteiger partial charge >= 0.3 is 5.97 Å². The Morgan fingerprint density at radius 2 is 1.13 bits per heavy atom. The van der Waals surface area contributed by atoms with Crippen LogP contribution in [0.1, 0.15) is 151 Å². The summed E-state index contributed by atoms with van der Waals surface area (Å²) in [6.07, 6.45) is 18.9. The number of carbonyl (C=O) groups is 1. The van der Waals surface area contributed by atoms with Crippen molar-refractivity contribution in [3.63, 3.8) is 0 Å². The summed E-state index contributed by atoms with van der Waals surface area (Å²) in [5.41, 5.74) is -0.844. The average Bonchev–Trinajstić information content (AvgIpc) is 2.70. The number of hydrogen-bond donors (Lipinski definition) is 0. The molecular weight excluding hydrogens is 382 g/mol. The minimum absolute atomic E-state index is 0.0196. The summed E-state index contributed by atoms with van der Waals surface area (Å²) in [4.78, 5) is 12.6. The molecule has 0 aliphatic heterocycles. The zero-order valence-corrected chi connectivity index (χ0v) is 22.1. The smallest absolute Gasteiger partial charge is 0.312 e. The molecule has 0 N–H and O–H groups in total. The summed E-state index contributed by atoms with van der Waals surface area (Å²) in [5.74, 6) is -0.0196. The number of unbranched alkanes of at least 4 members (excludes halogenated alkanes) is 10. The van der Waals surface area contributed by atoms with Crippen molar-refractivity contribution in [2.45, 2.75) is 157 Å². The van der Waals surface area contributed by atoms with E-state index in [4.69, 9.17) is 4.74 Å². The molecule has 0 aliphatic carbocycles. The third-order valence-electron chi connectivity index (χ3n) is 6.70. The van der Waals surface area contributed by atoms with E-state index in [0.29, 0.717) is 0 Å². The molecule has 3 heteroatoms. The van der Waals surface area contributed by atoms with E-state index in [-0.39, 0.29) is 16.8 Å². The van der Waals surface area contributed by atoms with E-state index in [1.165, 1.54) is 64.2 Å². The summed E-state index contributed by atoms with van der Waals surface area (Å²) < 4.78 is 5.69. The fourth-order valence-corrected chi connectivity index (χ4v) is 4.22. The van der Waals surface area contributed by atoms with Crippen molar-refractivity contribution in [1.29, 1.82) is 5.26 Å². The Morgan fingerprint density at radius 3 is 1.48 bits per heavy atom. The fraction of sp³-hybridized carbons (Fsp3) is 0.929. The Balaban J connectivity index is 3.77. The number of ether oxygens (including phenoxy) is 1. The molecule has 0 aromatic carbocycles. The quantitative estimate of drug-likeness (QED) is 0.159. The highest BCUT2D eigenvalue weighted by atomic mass is 16.6. The lowest BCUT2D eigenvalue weighted by molar-refractivity contribution is -0.167. The molecular formula is C28H53NO2. The maximum absolute atomic E-state index is 12.6. The Kier molecular flexibility index (Phi) is 15.2. The molecule has 0 aromatic heterocycles. The molecule has 0 rings (SSSR count). The second kappa shape index (κ2) is 15.7. The Hall–Kier alpha value is -1.04. The Morgan fingerprint density at radius 1 is 0.710 bits per heavy atom. The molecule has 0 spiro atoms. The van der Waals surface area contributed by atoms with Crippen LogP contribution in [0.2, 0.25) is 0 Å². The average molecular weight is 436 g/mol. The van der Waals surface area contributed by atoms with Crippen LogP contribution >= 0.6 is 0 Å². The van der Waals surface area contributed by atoms with Gasteiger partial charge in [-0.15, -0.1) is 0 Å². The normalized spacial score (nSPS) is 15.7. The predicted molar refractivity (Wildman–Crippen MR) is 133 cm³/mol. The molecule has 0 aromatic rings. The zero-order valence-electron chi connectivity index (χ0n) is 22.1. The molecule has 0 fully saturated rings. The van der Waals surface area contributed by atoms with Crippen molar-refractivity contribution in [1.82, 2.24) is 0 Å². The number of nitrogens with zero attached hydrogens (tertiary/aromatic N) is 1. The third-order valence-corrected chi connectivity index (χ3v) is 6.70. The van der Waals surface area contributed by atoms with Crippen molar-refractivity contribution in [2.75, 3.05) is 0 Å². The van der Waals surface area contributed by atoms with Crippen molar-refractivity contribution in [3.05, 3.63) is 0 Å². The molecule has 182 valence electrons. The maximum atomic E-state index is 12.6. The van der Waals surface area contributed by atoms with Crippen LogP contribution in [-0.4, -0.2) is 11.6 Å². The van der Waals surface area contributed by atoms with Gasteiger partial charge in [0.25, 0.3) is 0 Å². The first-order chi connectivity index (χ1) is 14.5. The van der Waals surface area contributed by atoms with Gasteiger partial charge in [-0.05, 0) is 60.3 Å². The van der Waals surface area contributed by atoms with Gasteiger partial charge in [-0.25, -0.2) is 0 Å². The maximum Gasteiger partial charge on any atom is 0.312 e. The molecule has 0 radical (unpaired) electrons. The molecule has 0 saturated heterocycles. The van der Waals surface area contributed by atoms with E-state index >= 15 is 0 Å². The Labute approximate surface area is 194 Å². The first-order valence-electron chi connectivity index (χ1n) is 13.2. The lowest BCUT2D eigenvalue weighted by Crippen LogP contribution is -2.35. The second-order valence-electron chi connectivity index (χ2n) is 11.2. The summed E-state index contributed by atoms with van der Waals surface area (Å²) in [6.45, 7) is 14.3. The zero-order chi connectivity index (χ0) is 23.8. The monoisotopic (exact) mass is 435 g/mol. The van der Waals surface area contributed by atoms with Crippen molar-refractivity contribution in [2.24, 2.45) is 10.8 Å². The molecule has 31 heavy (non-hydrogen) atoms.